The summed E-state index contributed by atoms with van der Waals surface area (Å²) in [6.45, 7) is 7.26. The maximum atomic E-state index is 9.80. The highest BCUT2D eigenvalue weighted by Gasteiger charge is 2.58. The van der Waals surface area contributed by atoms with Gasteiger partial charge in [0.05, 0.1) is 0 Å². The number of hydrogen-bond donors (Lipinski definition) is 1. The van der Waals surface area contributed by atoms with Crippen molar-refractivity contribution in [1.82, 2.24) is 0 Å². The lowest BCUT2D eigenvalue weighted by Crippen LogP contribution is -2.45. The average Bonchev–Trinajstić information content (AvgIpc) is 2.79. The third kappa shape index (κ3) is 2.05. The van der Waals surface area contributed by atoms with E-state index < -0.39 is 0 Å². The summed E-state index contributed by atoms with van der Waals surface area (Å²) in [6, 6.07) is 6.12. The second-order valence-corrected chi connectivity index (χ2v) is 8.71. The van der Waals surface area contributed by atoms with Crippen LogP contribution in [-0.4, -0.2) is 5.11 Å². The fourth-order valence-electron chi connectivity index (χ4n) is 6.51. The molecule has 0 bridgehead atoms. The van der Waals surface area contributed by atoms with E-state index in [0.717, 1.165) is 24.2 Å². The largest absolute Gasteiger partial charge is 0.508 e. The van der Waals surface area contributed by atoms with E-state index >= 15 is 0 Å². The highest BCUT2D eigenvalue weighted by atomic mass is 16.3. The molecule has 1 N–H and O–H groups in total. The fraction of sp³-hybridized carbons (Fsp3) is 0.636. The molecule has 0 heterocycles. The summed E-state index contributed by atoms with van der Waals surface area (Å²) in [4.78, 5) is 0. The molecule has 1 nitrogen and oxygen atoms in total. The summed E-state index contributed by atoms with van der Waals surface area (Å²) in [5.41, 5.74) is 3.80. The van der Waals surface area contributed by atoms with Crippen molar-refractivity contribution >= 4 is 0 Å². The lowest BCUT2D eigenvalue weighted by atomic mass is 9.51. The number of phenols is 1. The van der Waals surface area contributed by atoms with Crippen LogP contribution in [0.15, 0.2) is 30.4 Å². The van der Waals surface area contributed by atoms with E-state index in [1.54, 1.807) is 5.56 Å². The number of aryl methyl sites for hydroxylation is 1. The average molecular weight is 310 g/mol. The van der Waals surface area contributed by atoms with Crippen molar-refractivity contribution in [3.8, 4) is 5.75 Å². The summed E-state index contributed by atoms with van der Waals surface area (Å²) in [5.74, 6) is 2.87. The van der Waals surface area contributed by atoms with Crippen LogP contribution >= 0.6 is 0 Å². The van der Waals surface area contributed by atoms with E-state index in [1.165, 1.54) is 37.7 Å². The summed E-state index contributed by atoms with van der Waals surface area (Å²) in [5, 5.41) is 9.80. The summed E-state index contributed by atoms with van der Waals surface area (Å²) in [7, 11) is 0. The van der Waals surface area contributed by atoms with Gasteiger partial charge >= 0.3 is 0 Å². The van der Waals surface area contributed by atoms with E-state index in [9.17, 15) is 5.11 Å². The molecule has 2 saturated carbocycles. The molecular weight excluding hydrogens is 280 g/mol. The molecule has 0 unspecified atom stereocenters. The monoisotopic (exact) mass is 310 g/mol. The third-order valence-corrected chi connectivity index (χ3v) is 7.91. The van der Waals surface area contributed by atoms with Gasteiger partial charge < -0.3 is 5.11 Å². The molecule has 3 aliphatic carbocycles. The Morgan fingerprint density at radius 1 is 1.13 bits per heavy atom. The Bertz CT molecular complexity index is 645. The Labute approximate surface area is 140 Å². The lowest BCUT2D eigenvalue weighted by molar-refractivity contribution is 0.00472. The van der Waals surface area contributed by atoms with Crippen LogP contribution in [0.5, 0.6) is 5.75 Å². The Hall–Kier alpha value is -1.24. The van der Waals surface area contributed by atoms with Gasteiger partial charge in [-0.25, -0.2) is 0 Å². The van der Waals surface area contributed by atoms with E-state index in [1.807, 2.05) is 12.1 Å². The maximum absolute atomic E-state index is 9.80. The van der Waals surface area contributed by atoms with Crippen LogP contribution in [0.1, 0.15) is 69.9 Å². The molecule has 1 heteroatoms. The first kappa shape index (κ1) is 15.3. The first-order chi connectivity index (χ1) is 11.0. The predicted octanol–water partition coefficient (Wildman–Crippen LogP) is 5.83. The first-order valence-corrected chi connectivity index (χ1v) is 9.44. The molecule has 0 aliphatic heterocycles. The van der Waals surface area contributed by atoms with Crippen LogP contribution in [0, 0.1) is 22.7 Å². The van der Waals surface area contributed by atoms with Gasteiger partial charge in [-0.2, -0.15) is 0 Å². The number of fused-ring (bicyclic) bond motifs is 5. The topological polar surface area (TPSA) is 20.2 Å². The first-order valence-electron chi connectivity index (χ1n) is 9.44. The molecule has 0 spiro atoms. The number of phenolic OH excluding ortho intramolecular Hbond substituents is 1. The van der Waals surface area contributed by atoms with Gasteiger partial charge in [0.15, 0.2) is 0 Å². The molecule has 5 atom stereocenters. The minimum Gasteiger partial charge on any atom is -0.508 e. The van der Waals surface area contributed by atoms with Crippen LogP contribution in [0.4, 0.5) is 0 Å². The predicted molar refractivity (Wildman–Crippen MR) is 95.6 cm³/mol. The lowest BCUT2D eigenvalue weighted by Gasteiger charge is -2.53. The van der Waals surface area contributed by atoms with E-state index in [4.69, 9.17) is 0 Å². The minimum absolute atomic E-state index is 0.382. The standard InChI is InChI=1S/C22H30O/c1-4-11-21(2)12-10-20-19-7-5-15-14-16(23)6-8-17(15)18(19)9-13-22(20,21)3/h4,6,8,11,14,18-20,23H,5,7,9-10,12-13H2,1-3H3/b11-4+/t18-,19-,20+,21+,22+/m1/s1. The number of benzene rings is 1. The van der Waals surface area contributed by atoms with Gasteiger partial charge in [0.1, 0.15) is 5.75 Å². The van der Waals surface area contributed by atoms with Crippen molar-refractivity contribution in [1.29, 1.82) is 0 Å². The van der Waals surface area contributed by atoms with Gasteiger partial charge in [-0.05, 0) is 97.3 Å². The van der Waals surface area contributed by atoms with Crippen LogP contribution in [0.3, 0.4) is 0 Å². The molecule has 4 rings (SSSR count). The van der Waals surface area contributed by atoms with Gasteiger partial charge in [0.25, 0.3) is 0 Å². The van der Waals surface area contributed by atoms with Crippen molar-refractivity contribution in [2.75, 3.05) is 0 Å². The Balaban J connectivity index is 1.70. The van der Waals surface area contributed by atoms with Gasteiger partial charge in [0.2, 0.25) is 0 Å². The van der Waals surface area contributed by atoms with Crippen molar-refractivity contribution < 1.29 is 5.11 Å². The zero-order chi connectivity index (χ0) is 16.2. The number of rotatable bonds is 1. The molecule has 2 fully saturated rings. The molecule has 0 radical (unpaired) electrons. The van der Waals surface area contributed by atoms with Crippen molar-refractivity contribution in [3.05, 3.63) is 41.5 Å². The molecule has 3 aliphatic rings. The Morgan fingerprint density at radius 3 is 2.74 bits per heavy atom. The van der Waals surface area contributed by atoms with Crippen LogP contribution in [-0.2, 0) is 6.42 Å². The zero-order valence-electron chi connectivity index (χ0n) is 14.8. The molecular formula is C22H30O. The van der Waals surface area contributed by atoms with Gasteiger partial charge in [-0.1, -0.05) is 32.1 Å². The SMILES string of the molecule is C/C=C/[C@@]1(C)CC[C@H]2[C@@H]3CCc4cc(O)ccc4[C@H]3CC[C@@]21C. The van der Waals surface area contributed by atoms with E-state index in [-0.39, 0.29) is 0 Å². The quantitative estimate of drug-likeness (QED) is 0.647. The summed E-state index contributed by atoms with van der Waals surface area (Å²) < 4.78 is 0. The normalized spacial score (nSPS) is 42.3. The highest BCUT2D eigenvalue weighted by Crippen LogP contribution is 2.67. The molecule has 124 valence electrons. The number of hydrogen-bond acceptors (Lipinski definition) is 1. The second-order valence-electron chi connectivity index (χ2n) is 8.71. The smallest absolute Gasteiger partial charge is 0.115 e. The summed E-state index contributed by atoms with van der Waals surface area (Å²) >= 11 is 0. The fourth-order valence-corrected chi connectivity index (χ4v) is 6.51. The molecule has 0 saturated heterocycles. The van der Waals surface area contributed by atoms with Crippen LogP contribution in [0.25, 0.3) is 0 Å². The van der Waals surface area contributed by atoms with Crippen LogP contribution < -0.4 is 0 Å². The zero-order valence-corrected chi connectivity index (χ0v) is 14.8. The third-order valence-electron chi connectivity index (χ3n) is 7.91. The van der Waals surface area contributed by atoms with Gasteiger partial charge in [0, 0.05) is 0 Å². The van der Waals surface area contributed by atoms with Gasteiger partial charge in [-0.3, -0.25) is 0 Å². The molecule has 23 heavy (non-hydrogen) atoms. The number of aromatic hydroxyl groups is 1. The highest BCUT2D eigenvalue weighted by molar-refractivity contribution is 5.40. The van der Waals surface area contributed by atoms with Crippen molar-refractivity contribution in [2.24, 2.45) is 22.7 Å². The summed E-state index contributed by atoms with van der Waals surface area (Å²) in [6.07, 6.45) is 12.7. The maximum Gasteiger partial charge on any atom is 0.115 e. The molecule has 1 aromatic rings. The minimum atomic E-state index is 0.382. The van der Waals surface area contributed by atoms with E-state index in [2.05, 4.69) is 39.0 Å². The molecule has 1 aromatic carbocycles. The van der Waals surface area contributed by atoms with E-state index in [0.29, 0.717) is 16.6 Å². The molecule has 0 aromatic heterocycles. The van der Waals surface area contributed by atoms with Crippen molar-refractivity contribution in [3.63, 3.8) is 0 Å². The molecule has 0 amide bonds. The van der Waals surface area contributed by atoms with Gasteiger partial charge in [-0.15, -0.1) is 0 Å². The van der Waals surface area contributed by atoms with Crippen LogP contribution in [0.2, 0.25) is 0 Å². The Morgan fingerprint density at radius 2 is 1.96 bits per heavy atom. The second kappa shape index (κ2) is 5.13. The van der Waals surface area contributed by atoms with Crippen molar-refractivity contribution in [2.45, 2.75) is 65.2 Å². The number of allylic oxidation sites excluding steroid dienone is 2. The Kier molecular flexibility index (Phi) is 3.41.